The van der Waals surface area contributed by atoms with E-state index >= 15 is 0 Å². The van der Waals surface area contributed by atoms with Gasteiger partial charge in [-0.3, -0.25) is 4.79 Å². The van der Waals surface area contributed by atoms with Crippen molar-refractivity contribution in [3.63, 3.8) is 0 Å². The van der Waals surface area contributed by atoms with Crippen molar-refractivity contribution in [3.05, 3.63) is 23.9 Å². The number of carbonyl (C=O) groups is 1. The van der Waals surface area contributed by atoms with Crippen molar-refractivity contribution in [3.8, 4) is 0 Å². The number of Topliss-reactive ketones (excluding diaryl/α,β-unsaturated/α-hetero) is 1. The number of aromatic nitrogens is 1. The largest absolute Gasteiger partial charge is 0.359 e. The Balaban J connectivity index is 1.74. The molecule has 1 aromatic heterocycles. The molecule has 2 fully saturated rings. The van der Waals surface area contributed by atoms with E-state index in [0.29, 0.717) is 0 Å². The molecule has 1 aromatic rings. The number of carbonyl (C=O) groups excluding carboxylic acids is 1. The molecule has 0 saturated heterocycles. The third-order valence-electron chi connectivity index (χ3n) is 4.92. The van der Waals surface area contributed by atoms with Gasteiger partial charge in [-0.2, -0.15) is 0 Å². The molecular weight excluding hydrogens is 236 g/mol. The topological polar surface area (TPSA) is 33.2 Å². The zero-order valence-corrected chi connectivity index (χ0v) is 11.8. The summed E-state index contributed by atoms with van der Waals surface area (Å²) in [5.41, 5.74) is 0.744. The molecule has 0 spiro atoms. The number of anilines is 1. The van der Waals surface area contributed by atoms with Crippen molar-refractivity contribution < 1.29 is 4.79 Å². The first-order valence-corrected chi connectivity index (χ1v) is 7.32. The summed E-state index contributed by atoms with van der Waals surface area (Å²) in [6.45, 7) is 2.66. The van der Waals surface area contributed by atoms with E-state index in [1.54, 1.807) is 13.1 Å². The monoisotopic (exact) mass is 258 g/mol. The van der Waals surface area contributed by atoms with Crippen LogP contribution >= 0.6 is 0 Å². The summed E-state index contributed by atoms with van der Waals surface area (Å²) in [5, 5.41) is 0. The average Bonchev–Trinajstić information content (AvgIpc) is 3.01. The molecular formula is C16H22N2O. The lowest BCUT2D eigenvalue weighted by atomic mass is 9.88. The number of nitrogens with zero attached hydrogens (tertiary/aromatic N) is 2. The maximum Gasteiger partial charge on any atom is 0.163 e. The van der Waals surface area contributed by atoms with E-state index in [2.05, 4.69) is 16.9 Å². The molecule has 19 heavy (non-hydrogen) atoms. The van der Waals surface area contributed by atoms with Crippen LogP contribution in [0.1, 0.15) is 43.0 Å². The summed E-state index contributed by atoms with van der Waals surface area (Å²) >= 11 is 0. The third-order valence-corrected chi connectivity index (χ3v) is 4.92. The predicted molar refractivity (Wildman–Crippen MR) is 76.4 cm³/mol. The molecule has 3 nitrogen and oxygen atoms in total. The second kappa shape index (κ2) is 4.95. The smallest absolute Gasteiger partial charge is 0.163 e. The maximum atomic E-state index is 11.7. The maximum absolute atomic E-state index is 11.7. The zero-order chi connectivity index (χ0) is 13.4. The number of hydrogen-bond donors (Lipinski definition) is 0. The minimum atomic E-state index is 0.0999. The molecule has 0 radical (unpaired) electrons. The van der Waals surface area contributed by atoms with Crippen LogP contribution in [0, 0.1) is 17.8 Å². The summed E-state index contributed by atoms with van der Waals surface area (Å²) < 4.78 is 0. The van der Waals surface area contributed by atoms with Crippen LogP contribution < -0.4 is 4.90 Å². The van der Waals surface area contributed by atoms with E-state index in [4.69, 9.17) is 0 Å². The van der Waals surface area contributed by atoms with E-state index in [-0.39, 0.29) is 5.78 Å². The molecule has 3 atom stereocenters. The standard InChI is InChI=1S/C16H22N2O/c1-11(19)15-4-3-7-17-16(15)18(2)10-14-9-12-5-6-13(14)8-12/h3-4,7,12-14H,5-6,8-10H2,1-2H3. The lowest BCUT2D eigenvalue weighted by molar-refractivity contribution is 0.101. The van der Waals surface area contributed by atoms with Gasteiger partial charge in [-0.15, -0.1) is 0 Å². The van der Waals surface area contributed by atoms with Crippen molar-refractivity contribution in [2.24, 2.45) is 17.8 Å². The van der Waals surface area contributed by atoms with E-state index in [1.807, 2.05) is 12.1 Å². The Labute approximate surface area is 115 Å². The minimum Gasteiger partial charge on any atom is -0.359 e. The fourth-order valence-corrected chi connectivity index (χ4v) is 4.01. The first-order chi connectivity index (χ1) is 9.15. The number of pyridine rings is 1. The lowest BCUT2D eigenvalue weighted by Gasteiger charge is -2.28. The quantitative estimate of drug-likeness (QED) is 0.778. The van der Waals surface area contributed by atoms with Crippen molar-refractivity contribution >= 4 is 11.6 Å². The first-order valence-electron chi connectivity index (χ1n) is 7.32. The molecule has 2 bridgehead atoms. The van der Waals surface area contributed by atoms with Crippen molar-refractivity contribution in [2.75, 3.05) is 18.5 Å². The molecule has 0 N–H and O–H groups in total. The predicted octanol–water partition coefficient (Wildman–Crippen LogP) is 3.16. The van der Waals surface area contributed by atoms with Crippen LogP contribution in [0.3, 0.4) is 0 Å². The van der Waals surface area contributed by atoms with Gasteiger partial charge in [0, 0.05) is 19.8 Å². The summed E-state index contributed by atoms with van der Waals surface area (Å²) in [5.74, 6) is 3.63. The van der Waals surface area contributed by atoms with Crippen LogP contribution in [0.25, 0.3) is 0 Å². The molecule has 102 valence electrons. The second-order valence-electron chi connectivity index (χ2n) is 6.25. The molecule has 2 saturated carbocycles. The summed E-state index contributed by atoms with van der Waals surface area (Å²) in [7, 11) is 2.07. The van der Waals surface area contributed by atoms with Gasteiger partial charge in [0.1, 0.15) is 5.82 Å². The normalized spacial score (nSPS) is 28.6. The van der Waals surface area contributed by atoms with Crippen LogP contribution in [-0.4, -0.2) is 24.4 Å². The fourth-order valence-electron chi connectivity index (χ4n) is 4.01. The van der Waals surface area contributed by atoms with E-state index < -0.39 is 0 Å². The van der Waals surface area contributed by atoms with Crippen molar-refractivity contribution in [1.29, 1.82) is 0 Å². The number of rotatable bonds is 4. The van der Waals surface area contributed by atoms with E-state index in [0.717, 1.165) is 35.7 Å². The van der Waals surface area contributed by atoms with Crippen LogP contribution in [0.5, 0.6) is 0 Å². The third kappa shape index (κ3) is 2.38. The SMILES string of the molecule is CC(=O)c1cccnc1N(C)CC1CC2CCC1C2. The second-order valence-corrected chi connectivity index (χ2v) is 6.25. The Morgan fingerprint density at radius 1 is 1.42 bits per heavy atom. The molecule has 1 heterocycles. The highest BCUT2D eigenvalue weighted by Gasteiger charge is 2.39. The summed E-state index contributed by atoms with van der Waals surface area (Å²) in [6.07, 6.45) is 7.43. The molecule has 3 unspecified atom stereocenters. The van der Waals surface area contributed by atoms with Gasteiger partial charge in [-0.05, 0) is 56.1 Å². The Hall–Kier alpha value is -1.38. The highest BCUT2D eigenvalue weighted by molar-refractivity contribution is 5.98. The minimum absolute atomic E-state index is 0.0999. The number of fused-ring (bicyclic) bond motifs is 2. The van der Waals surface area contributed by atoms with Crippen molar-refractivity contribution in [1.82, 2.24) is 4.98 Å². The van der Waals surface area contributed by atoms with Crippen LogP contribution in [0.2, 0.25) is 0 Å². The van der Waals surface area contributed by atoms with Gasteiger partial charge in [-0.25, -0.2) is 4.98 Å². The Morgan fingerprint density at radius 2 is 2.26 bits per heavy atom. The van der Waals surface area contributed by atoms with E-state index in [9.17, 15) is 4.79 Å². The van der Waals surface area contributed by atoms with Gasteiger partial charge >= 0.3 is 0 Å². The first kappa shape index (κ1) is 12.6. The molecule has 0 aromatic carbocycles. The molecule has 0 amide bonds. The molecule has 3 heteroatoms. The van der Waals surface area contributed by atoms with Gasteiger partial charge in [0.15, 0.2) is 5.78 Å². The van der Waals surface area contributed by atoms with Crippen molar-refractivity contribution in [2.45, 2.75) is 32.6 Å². The number of ketones is 1. The van der Waals surface area contributed by atoms with Crippen LogP contribution in [0.4, 0.5) is 5.82 Å². The fraction of sp³-hybridized carbons (Fsp3) is 0.625. The number of hydrogen-bond acceptors (Lipinski definition) is 3. The van der Waals surface area contributed by atoms with Gasteiger partial charge in [0.2, 0.25) is 0 Å². The average molecular weight is 258 g/mol. The zero-order valence-electron chi connectivity index (χ0n) is 11.8. The van der Waals surface area contributed by atoms with Gasteiger partial charge in [-0.1, -0.05) is 6.42 Å². The molecule has 3 rings (SSSR count). The summed E-state index contributed by atoms with van der Waals surface area (Å²) in [4.78, 5) is 18.3. The summed E-state index contributed by atoms with van der Waals surface area (Å²) in [6, 6.07) is 3.72. The van der Waals surface area contributed by atoms with Crippen LogP contribution in [-0.2, 0) is 0 Å². The van der Waals surface area contributed by atoms with Gasteiger partial charge in [0.05, 0.1) is 5.56 Å². The molecule has 2 aliphatic rings. The Kier molecular flexibility index (Phi) is 3.29. The van der Waals surface area contributed by atoms with Crippen LogP contribution in [0.15, 0.2) is 18.3 Å². The lowest BCUT2D eigenvalue weighted by Crippen LogP contribution is -2.30. The molecule has 2 aliphatic carbocycles. The Morgan fingerprint density at radius 3 is 2.89 bits per heavy atom. The Bertz CT molecular complexity index is 485. The van der Waals surface area contributed by atoms with Gasteiger partial charge < -0.3 is 4.90 Å². The highest BCUT2D eigenvalue weighted by atomic mass is 16.1. The highest BCUT2D eigenvalue weighted by Crippen LogP contribution is 2.48. The molecule has 0 aliphatic heterocycles. The van der Waals surface area contributed by atoms with E-state index in [1.165, 1.54) is 25.7 Å². The van der Waals surface area contributed by atoms with Gasteiger partial charge in [0.25, 0.3) is 0 Å².